The number of carbonyl (C=O) groups excluding carboxylic acids is 1. The summed E-state index contributed by atoms with van der Waals surface area (Å²) in [6.07, 6.45) is -1.00. The van der Waals surface area contributed by atoms with Crippen LogP contribution in [-0.4, -0.2) is 27.0 Å². The molecule has 0 bridgehead atoms. The highest BCUT2D eigenvalue weighted by atomic mass is 32.2. The highest BCUT2D eigenvalue weighted by Gasteiger charge is 2.35. The molecule has 6 nitrogen and oxygen atoms in total. The fourth-order valence-corrected chi connectivity index (χ4v) is 4.06. The molecule has 0 aliphatic carbocycles. The molecular formula is C16H16N2O4S. The zero-order valence-corrected chi connectivity index (χ0v) is 13.1. The van der Waals surface area contributed by atoms with Crippen molar-refractivity contribution < 1.29 is 17.9 Å². The van der Waals surface area contributed by atoms with Gasteiger partial charge in [-0.25, -0.2) is 8.42 Å². The first kappa shape index (κ1) is 15.4. The Bertz CT molecular complexity index is 821. The molecule has 0 aromatic heterocycles. The first-order valence-corrected chi connectivity index (χ1v) is 8.67. The lowest BCUT2D eigenvalue weighted by Crippen LogP contribution is -2.49. The number of hydrogen-bond acceptors (Lipinski definition) is 4. The Morgan fingerprint density at radius 1 is 1.13 bits per heavy atom. The molecular weight excluding hydrogens is 316 g/mol. The molecule has 0 saturated heterocycles. The number of benzene rings is 2. The Labute approximate surface area is 134 Å². The standard InChI is InChI=1S/C16H16N2O4S/c17-16(19)15-10-18(13-8-4-5-9-14(13)22-15)23(20,21)11-12-6-2-1-3-7-12/h1-9,15H,10-11H2,(H2,17,19)/t15-/m1/s1. The van der Waals surface area contributed by atoms with E-state index in [4.69, 9.17) is 10.5 Å². The molecule has 0 radical (unpaired) electrons. The molecule has 120 valence electrons. The van der Waals surface area contributed by atoms with Gasteiger partial charge in [-0.05, 0) is 17.7 Å². The smallest absolute Gasteiger partial charge is 0.260 e. The summed E-state index contributed by atoms with van der Waals surface area (Å²) in [5, 5.41) is 0. The Kier molecular flexibility index (Phi) is 3.96. The predicted molar refractivity (Wildman–Crippen MR) is 86.5 cm³/mol. The van der Waals surface area contributed by atoms with Gasteiger partial charge in [-0.3, -0.25) is 9.10 Å². The van der Waals surface area contributed by atoms with E-state index in [-0.39, 0.29) is 12.3 Å². The third-order valence-corrected chi connectivity index (χ3v) is 5.30. The minimum Gasteiger partial charge on any atom is -0.476 e. The molecule has 0 unspecified atom stereocenters. The van der Waals surface area contributed by atoms with Crippen LogP contribution in [0.25, 0.3) is 0 Å². The number of fused-ring (bicyclic) bond motifs is 1. The van der Waals surface area contributed by atoms with E-state index in [1.165, 1.54) is 4.31 Å². The molecule has 1 atom stereocenters. The van der Waals surface area contributed by atoms with Gasteiger partial charge >= 0.3 is 0 Å². The normalized spacial score (nSPS) is 17.2. The molecule has 1 aliphatic heterocycles. The van der Waals surface area contributed by atoms with Crippen LogP contribution >= 0.6 is 0 Å². The Balaban J connectivity index is 1.98. The Hall–Kier alpha value is -2.54. The minimum absolute atomic E-state index is 0.123. The maximum atomic E-state index is 12.8. The van der Waals surface area contributed by atoms with Crippen molar-refractivity contribution in [2.45, 2.75) is 11.9 Å². The maximum absolute atomic E-state index is 12.8. The van der Waals surface area contributed by atoms with Gasteiger partial charge in [0.1, 0.15) is 5.75 Å². The number of amides is 1. The first-order valence-electron chi connectivity index (χ1n) is 7.07. The second-order valence-electron chi connectivity index (χ2n) is 5.25. The fraction of sp³-hybridized carbons (Fsp3) is 0.188. The van der Waals surface area contributed by atoms with Crippen molar-refractivity contribution in [1.29, 1.82) is 0 Å². The number of primary amides is 1. The van der Waals surface area contributed by atoms with Crippen molar-refractivity contribution in [3.63, 3.8) is 0 Å². The van der Waals surface area contributed by atoms with Crippen molar-refractivity contribution >= 4 is 21.6 Å². The second kappa shape index (κ2) is 5.92. The van der Waals surface area contributed by atoms with E-state index in [1.54, 1.807) is 48.5 Å². The van der Waals surface area contributed by atoms with E-state index < -0.39 is 22.0 Å². The minimum atomic E-state index is -3.67. The zero-order chi connectivity index (χ0) is 16.4. The van der Waals surface area contributed by atoms with Gasteiger partial charge in [0, 0.05) is 0 Å². The van der Waals surface area contributed by atoms with Crippen LogP contribution in [0, 0.1) is 0 Å². The summed E-state index contributed by atoms with van der Waals surface area (Å²) in [5.41, 5.74) is 6.39. The largest absolute Gasteiger partial charge is 0.476 e. The van der Waals surface area contributed by atoms with E-state index in [1.807, 2.05) is 6.07 Å². The molecule has 3 rings (SSSR count). The van der Waals surface area contributed by atoms with Gasteiger partial charge in [0.2, 0.25) is 10.0 Å². The summed E-state index contributed by atoms with van der Waals surface area (Å²) in [6.45, 7) is -0.123. The van der Waals surface area contributed by atoms with E-state index in [0.717, 1.165) is 0 Å². The van der Waals surface area contributed by atoms with Crippen LogP contribution in [0.4, 0.5) is 5.69 Å². The zero-order valence-electron chi connectivity index (χ0n) is 12.3. The lowest BCUT2D eigenvalue weighted by molar-refractivity contribution is -0.124. The monoisotopic (exact) mass is 332 g/mol. The fourth-order valence-electron chi connectivity index (χ4n) is 2.48. The number of anilines is 1. The highest BCUT2D eigenvalue weighted by Crippen LogP contribution is 2.35. The van der Waals surface area contributed by atoms with Crippen LogP contribution in [0.1, 0.15) is 5.56 Å². The summed E-state index contributed by atoms with van der Waals surface area (Å²) in [6, 6.07) is 15.6. The van der Waals surface area contributed by atoms with Crippen molar-refractivity contribution in [1.82, 2.24) is 0 Å². The third kappa shape index (κ3) is 3.14. The number of para-hydroxylation sites is 2. The van der Waals surface area contributed by atoms with Crippen LogP contribution < -0.4 is 14.8 Å². The highest BCUT2D eigenvalue weighted by molar-refractivity contribution is 7.92. The second-order valence-corrected chi connectivity index (χ2v) is 7.14. The number of nitrogens with zero attached hydrogens (tertiary/aromatic N) is 1. The van der Waals surface area contributed by atoms with Crippen LogP contribution in [0.3, 0.4) is 0 Å². The molecule has 1 heterocycles. The van der Waals surface area contributed by atoms with Crippen molar-refractivity contribution in [3.05, 3.63) is 60.2 Å². The molecule has 2 aromatic rings. The number of ether oxygens (including phenoxy) is 1. The molecule has 0 saturated carbocycles. The Morgan fingerprint density at radius 2 is 1.78 bits per heavy atom. The summed E-state index contributed by atoms with van der Waals surface area (Å²) >= 11 is 0. The molecule has 1 aliphatic rings. The van der Waals surface area contributed by atoms with Gasteiger partial charge in [-0.1, -0.05) is 42.5 Å². The summed E-state index contributed by atoms with van der Waals surface area (Å²) in [7, 11) is -3.67. The number of sulfonamides is 1. The van der Waals surface area contributed by atoms with E-state index in [9.17, 15) is 13.2 Å². The Morgan fingerprint density at radius 3 is 2.48 bits per heavy atom. The molecule has 0 fully saturated rings. The summed E-state index contributed by atoms with van der Waals surface area (Å²) < 4.78 is 32.3. The molecule has 23 heavy (non-hydrogen) atoms. The lowest BCUT2D eigenvalue weighted by Gasteiger charge is -2.34. The van der Waals surface area contributed by atoms with Crippen molar-refractivity contribution in [2.24, 2.45) is 5.73 Å². The molecule has 2 N–H and O–H groups in total. The van der Waals surface area contributed by atoms with Crippen LogP contribution in [-0.2, 0) is 20.6 Å². The van der Waals surface area contributed by atoms with Gasteiger partial charge in [-0.2, -0.15) is 0 Å². The van der Waals surface area contributed by atoms with Crippen molar-refractivity contribution in [2.75, 3.05) is 10.8 Å². The first-order chi connectivity index (χ1) is 11.0. The average Bonchev–Trinajstić information content (AvgIpc) is 2.54. The molecule has 2 aromatic carbocycles. The van der Waals surface area contributed by atoms with Crippen LogP contribution in [0.5, 0.6) is 5.75 Å². The lowest BCUT2D eigenvalue weighted by atomic mass is 10.2. The average molecular weight is 332 g/mol. The number of nitrogens with two attached hydrogens (primary N) is 1. The number of hydrogen-bond donors (Lipinski definition) is 1. The van der Waals surface area contributed by atoms with Gasteiger partial charge in [0.25, 0.3) is 5.91 Å². The summed E-state index contributed by atoms with van der Waals surface area (Å²) in [5.74, 6) is -0.521. The number of rotatable bonds is 4. The van der Waals surface area contributed by atoms with E-state index in [0.29, 0.717) is 17.0 Å². The SMILES string of the molecule is NC(=O)[C@H]1CN(S(=O)(=O)Cc2ccccc2)c2ccccc2O1. The van der Waals surface area contributed by atoms with Crippen molar-refractivity contribution in [3.8, 4) is 5.75 Å². The maximum Gasteiger partial charge on any atom is 0.260 e. The van der Waals surface area contributed by atoms with E-state index >= 15 is 0 Å². The van der Waals surface area contributed by atoms with E-state index in [2.05, 4.69) is 0 Å². The van der Waals surface area contributed by atoms with Gasteiger partial charge in [0.05, 0.1) is 18.0 Å². The molecule has 0 spiro atoms. The van der Waals surface area contributed by atoms with Crippen LogP contribution in [0.15, 0.2) is 54.6 Å². The van der Waals surface area contributed by atoms with Gasteiger partial charge in [0.15, 0.2) is 6.10 Å². The van der Waals surface area contributed by atoms with Crippen LogP contribution in [0.2, 0.25) is 0 Å². The van der Waals surface area contributed by atoms with Gasteiger partial charge in [-0.15, -0.1) is 0 Å². The summed E-state index contributed by atoms with van der Waals surface area (Å²) in [4.78, 5) is 11.5. The topological polar surface area (TPSA) is 89.7 Å². The third-order valence-electron chi connectivity index (χ3n) is 3.58. The number of carbonyl (C=O) groups is 1. The quantitative estimate of drug-likeness (QED) is 0.913. The predicted octanol–water partition coefficient (Wildman–Crippen LogP) is 1.27. The molecule has 1 amide bonds. The van der Waals surface area contributed by atoms with Gasteiger partial charge < -0.3 is 10.5 Å². The molecule has 7 heteroatoms.